The van der Waals surface area contributed by atoms with Crippen molar-refractivity contribution in [2.24, 2.45) is 0 Å². The lowest BCUT2D eigenvalue weighted by Gasteiger charge is -2.28. The molecule has 3 heteroatoms. The predicted molar refractivity (Wildman–Crippen MR) is 94.8 cm³/mol. The quantitative estimate of drug-likeness (QED) is 0.760. The highest BCUT2D eigenvalue weighted by molar-refractivity contribution is 5.49. The second-order valence-corrected chi connectivity index (χ2v) is 7.72. The lowest BCUT2D eigenvalue weighted by Crippen LogP contribution is -2.23. The van der Waals surface area contributed by atoms with E-state index in [1.165, 1.54) is 0 Å². The predicted octanol–water partition coefficient (Wildman–Crippen LogP) is 4.28. The first-order valence-corrected chi connectivity index (χ1v) is 7.64. The first-order valence-electron chi connectivity index (χ1n) is 7.64. The number of phenolic OH excluding ortho intramolecular Hbond substituents is 1. The van der Waals surface area contributed by atoms with Crippen molar-refractivity contribution in [1.82, 2.24) is 10.6 Å². The molecule has 0 aliphatic heterocycles. The van der Waals surface area contributed by atoms with Gasteiger partial charge in [0.15, 0.2) is 0 Å². The molecule has 0 bridgehead atoms. The van der Waals surface area contributed by atoms with Crippen molar-refractivity contribution in [3.8, 4) is 5.75 Å². The van der Waals surface area contributed by atoms with E-state index in [0.29, 0.717) is 18.1 Å². The molecule has 22 heavy (non-hydrogen) atoms. The van der Waals surface area contributed by atoms with Gasteiger partial charge in [0.2, 0.25) is 0 Å². The Morgan fingerprint density at radius 2 is 1.55 bits per heavy atom. The zero-order valence-electron chi connectivity index (χ0n) is 14.8. The Labute approximate surface area is 135 Å². The van der Waals surface area contributed by atoms with Crippen LogP contribution in [0.3, 0.4) is 0 Å². The van der Waals surface area contributed by atoms with Crippen molar-refractivity contribution < 1.29 is 5.11 Å². The molecular formula is C19H30N2O. The molecule has 1 aromatic carbocycles. The molecule has 0 amide bonds. The summed E-state index contributed by atoms with van der Waals surface area (Å²) in [5, 5.41) is 16.8. The Hall–Kier alpha value is -1.90. The van der Waals surface area contributed by atoms with Gasteiger partial charge in [-0.2, -0.15) is 0 Å². The maximum atomic E-state index is 10.7. The van der Waals surface area contributed by atoms with Crippen LogP contribution in [0, 0.1) is 0 Å². The summed E-state index contributed by atoms with van der Waals surface area (Å²) >= 11 is 0. The molecule has 0 saturated carbocycles. The van der Waals surface area contributed by atoms with Gasteiger partial charge in [-0.05, 0) is 45.9 Å². The van der Waals surface area contributed by atoms with Crippen molar-refractivity contribution in [2.75, 3.05) is 0 Å². The first-order chi connectivity index (χ1) is 9.96. The van der Waals surface area contributed by atoms with Crippen molar-refractivity contribution >= 4 is 0 Å². The molecule has 0 atom stereocenters. The number of rotatable bonds is 5. The van der Waals surface area contributed by atoms with Crippen LogP contribution in [-0.2, 0) is 17.4 Å². The summed E-state index contributed by atoms with van der Waals surface area (Å²) in [5.41, 5.74) is 2.84. The summed E-state index contributed by atoms with van der Waals surface area (Å²) in [6, 6.07) is 4.14. The second-order valence-electron chi connectivity index (χ2n) is 7.72. The van der Waals surface area contributed by atoms with Crippen LogP contribution in [0.1, 0.15) is 58.2 Å². The fourth-order valence-corrected chi connectivity index (χ4v) is 2.32. The SMILES string of the molecule is C=CNC(=C)NCc1cc(C(C)(C)C)c(O)c(C(C)(C)C)c1. The lowest BCUT2D eigenvalue weighted by atomic mass is 9.78. The van der Waals surface area contributed by atoms with E-state index in [1.54, 1.807) is 6.20 Å². The van der Waals surface area contributed by atoms with Gasteiger partial charge in [-0.1, -0.05) is 54.7 Å². The third-order valence-electron chi connectivity index (χ3n) is 3.57. The third kappa shape index (κ3) is 4.55. The Morgan fingerprint density at radius 3 is 1.91 bits per heavy atom. The number of nitrogens with one attached hydrogen (secondary N) is 2. The van der Waals surface area contributed by atoms with Gasteiger partial charge >= 0.3 is 0 Å². The van der Waals surface area contributed by atoms with Gasteiger partial charge in [0.1, 0.15) is 5.75 Å². The monoisotopic (exact) mass is 302 g/mol. The van der Waals surface area contributed by atoms with Crippen LogP contribution in [0.15, 0.2) is 37.3 Å². The van der Waals surface area contributed by atoms with Gasteiger partial charge in [-0.15, -0.1) is 0 Å². The molecule has 1 rings (SSSR count). The molecular weight excluding hydrogens is 272 g/mol. The molecule has 0 saturated heterocycles. The highest BCUT2D eigenvalue weighted by Crippen LogP contribution is 2.39. The minimum absolute atomic E-state index is 0.115. The van der Waals surface area contributed by atoms with Crippen molar-refractivity contribution in [2.45, 2.75) is 58.9 Å². The number of hydrogen-bond donors (Lipinski definition) is 3. The van der Waals surface area contributed by atoms with Gasteiger partial charge < -0.3 is 15.7 Å². The van der Waals surface area contributed by atoms with Crippen LogP contribution in [0.25, 0.3) is 0 Å². The van der Waals surface area contributed by atoms with E-state index in [9.17, 15) is 5.11 Å². The standard InChI is InChI=1S/C19H30N2O/c1-9-20-13(2)21-12-14-10-15(18(3,4)5)17(22)16(11-14)19(6,7)8/h9-11,20-22H,1-2,12H2,3-8H3. The van der Waals surface area contributed by atoms with Crippen molar-refractivity contribution in [3.63, 3.8) is 0 Å². The molecule has 0 unspecified atom stereocenters. The van der Waals surface area contributed by atoms with Crippen molar-refractivity contribution in [3.05, 3.63) is 54.0 Å². The number of benzene rings is 1. The fraction of sp³-hybridized carbons (Fsp3) is 0.474. The molecule has 3 nitrogen and oxygen atoms in total. The zero-order valence-corrected chi connectivity index (χ0v) is 14.8. The summed E-state index contributed by atoms with van der Waals surface area (Å²) in [6.07, 6.45) is 1.59. The molecule has 3 N–H and O–H groups in total. The topological polar surface area (TPSA) is 44.3 Å². The molecule has 0 heterocycles. The largest absolute Gasteiger partial charge is 0.507 e. The fourth-order valence-electron chi connectivity index (χ4n) is 2.32. The summed E-state index contributed by atoms with van der Waals surface area (Å²) in [7, 11) is 0. The third-order valence-corrected chi connectivity index (χ3v) is 3.57. The summed E-state index contributed by atoms with van der Waals surface area (Å²) in [5.74, 6) is 1.12. The second kappa shape index (κ2) is 6.47. The number of phenols is 1. The minimum Gasteiger partial charge on any atom is -0.507 e. The maximum absolute atomic E-state index is 10.7. The summed E-state index contributed by atoms with van der Waals surface area (Å²) in [4.78, 5) is 0. The molecule has 122 valence electrons. The molecule has 0 radical (unpaired) electrons. The highest BCUT2D eigenvalue weighted by Gasteiger charge is 2.26. The van der Waals surface area contributed by atoms with Crippen LogP contribution in [0.4, 0.5) is 0 Å². The summed E-state index contributed by atoms with van der Waals surface area (Å²) < 4.78 is 0. The van der Waals surface area contributed by atoms with Gasteiger partial charge in [0.25, 0.3) is 0 Å². The smallest absolute Gasteiger partial charge is 0.123 e. The molecule has 0 spiro atoms. The molecule has 0 aliphatic carbocycles. The van der Waals surface area contributed by atoms with Gasteiger partial charge in [0, 0.05) is 6.54 Å². The van der Waals surface area contributed by atoms with Crippen LogP contribution in [0.2, 0.25) is 0 Å². The summed E-state index contributed by atoms with van der Waals surface area (Å²) in [6.45, 7) is 20.8. The lowest BCUT2D eigenvalue weighted by molar-refractivity contribution is 0.422. The van der Waals surface area contributed by atoms with E-state index < -0.39 is 0 Å². The number of hydrogen-bond acceptors (Lipinski definition) is 3. The average Bonchev–Trinajstić information content (AvgIpc) is 2.35. The first kappa shape index (κ1) is 18.1. The molecule has 1 aromatic rings. The Balaban J connectivity index is 3.24. The normalized spacial score (nSPS) is 11.9. The average molecular weight is 302 g/mol. The molecule has 0 fully saturated rings. The van der Waals surface area contributed by atoms with E-state index >= 15 is 0 Å². The van der Waals surface area contributed by atoms with Crippen molar-refractivity contribution in [1.29, 1.82) is 0 Å². The van der Waals surface area contributed by atoms with E-state index in [0.717, 1.165) is 16.7 Å². The Morgan fingerprint density at radius 1 is 1.09 bits per heavy atom. The van der Waals surface area contributed by atoms with E-state index in [2.05, 4.69) is 77.5 Å². The highest BCUT2D eigenvalue weighted by atomic mass is 16.3. The van der Waals surface area contributed by atoms with E-state index in [-0.39, 0.29) is 10.8 Å². The van der Waals surface area contributed by atoms with E-state index in [1.807, 2.05) is 0 Å². The molecule has 0 aromatic heterocycles. The Kier molecular flexibility index (Phi) is 5.34. The Bertz CT molecular complexity index is 525. The van der Waals surface area contributed by atoms with Crippen LogP contribution in [0.5, 0.6) is 5.75 Å². The molecule has 0 aliphatic rings. The van der Waals surface area contributed by atoms with Crippen LogP contribution in [-0.4, -0.2) is 5.11 Å². The van der Waals surface area contributed by atoms with Crippen LogP contribution < -0.4 is 10.6 Å². The maximum Gasteiger partial charge on any atom is 0.123 e. The van der Waals surface area contributed by atoms with Crippen LogP contribution >= 0.6 is 0 Å². The van der Waals surface area contributed by atoms with Gasteiger partial charge in [-0.3, -0.25) is 0 Å². The van der Waals surface area contributed by atoms with Gasteiger partial charge in [-0.25, -0.2) is 0 Å². The van der Waals surface area contributed by atoms with E-state index in [4.69, 9.17) is 0 Å². The zero-order chi connectivity index (χ0) is 17.1. The minimum atomic E-state index is -0.115. The number of aromatic hydroxyl groups is 1. The van der Waals surface area contributed by atoms with Gasteiger partial charge in [0.05, 0.1) is 5.82 Å².